The van der Waals surface area contributed by atoms with Crippen molar-refractivity contribution in [1.29, 1.82) is 0 Å². The number of ether oxygens (including phenoxy) is 1. The van der Waals surface area contributed by atoms with Gasteiger partial charge in [-0.3, -0.25) is 20.2 Å². The van der Waals surface area contributed by atoms with Gasteiger partial charge in [0, 0.05) is 6.07 Å². The van der Waals surface area contributed by atoms with Crippen molar-refractivity contribution < 1.29 is 23.0 Å². The minimum Gasteiger partial charge on any atom is -0.497 e. The summed E-state index contributed by atoms with van der Waals surface area (Å²) < 4.78 is 31.4. The molecule has 0 atom stereocenters. The molecule has 32 heavy (non-hydrogen) atoms. The van der Waals surface area contributed by atoms with E-state index in [4.69, 9.17) is 4.74 Å². The van der Waals surface area contributed by atoms with Gasteiger partial charge in [-0.05, 0) is 29.3 Å². The van der Waals surface area contributed by atoms with Crippen LogP contribution in [0.15, 0.2) is 71.6 Å². The van der Waals surface area contributed by atoms with E-state index in [0.717, 1.165) is 12.1 Å². The lowest BCUT2D eigenvalue weighted by molar-refractivity contribution is -0.394. The predicted octanol–water partition coefficient (Wildman–Crippen LogP) is 4.66. The molecule has 3 aromatic carbocycles. The molecular weight excluding hydrogens is 436 g/mol. The van der Waals surface area contributed by atoms with Gasteiger partial charge in [0.2, 0.25) is 0 Å². The normalized spacial score (nSPS) is 11.4. The first-order valence-corrected chi connectivity index (χ1v) is 10.9. The third kappa shape index (κ3) is 5.16. The Morgan fingerprint density at radius 2 is 1.56 bits per heavy atom. The minimum atomic E-state index is -4.15. The van der Waals surface area contributed by atoms with Crippen LogP contribution in [0.3, 0.4) is 0 Å². The molecule has 0 amide bonds. The average molecular weight is 454 g/mol. The molecule has 0 aliphatic rings. The molecule has 9 nitrogen and oxygen atoms in total. The van der Waals surface area contributed by atoms with E-state index < -0.39 is 41.7 Å². The fraction of sp³-hybridized carbons (Fsp3) is 0.0909. The van der Waals surface area contributed by atoms with Crippen LogP contribution in [0.1, 0.15) is 16.7 Å². The van der Waals surface area contributed by atoms with Crippen molar-refractivity contribution in [2.24, 2.45) is 0 Å². The van der Waals surface area contributed by atoms with Gasteiger partial charge in [-0.2, -0.15) is 0 Å². The maximum Gasteiger partial charge on any atom is 0.284 e. The molecule has 0 aliphatic carbocycles. The maximum atomic E-state index is 13.2. The highest BCUT2D eigenvalue weighted by molar-refractivity contribution is 7.90. The summed E-state index contributed by atoms with van der Waals surface area (Å²) in [5.74, 6) is 0.143. The highest BCUT2D eigenvalue weighted by Crippen LogP contribution is 2.34. The Hall–Kier alpha value is -4.05. The van der Waals surface area contributed by atoms with Gasteiger partial charge in [-0.15, -0.1) is 0 Å². The molecular formula is C22H18N2O7S. The van der Waals surface area contributed by atoms with Crippen LogP contribution in [0, 0.1) is 20.2 Å². The number of hydrogen-bond acceptors (Lipinski definition) is 7. The molecule has 0 fully saturated rings. The molecule has 0 heterocycles. The first kappa shape index (κ1) is 22.6. The smallest absolute Gasteiger partial charge is 0.284 e. The number of hydrogen-bond donors (Lipinski definition) is 0. The topological polar surface area (TPSA) is 130 Å². The zero-order valence-electron chi connectivity index (χ0n) is 16.9. The van der Waals surface area contributed by atoms with Crippen LogP contribution in [-0.4, -0.2) is 25.4 Å². The Balaban J connectivity index is 2.17. The molecule has 0 bridgehead atoms. The molecule has 0 unspecified atom stereocenters. The average Bonchev–Trinajstić information content (AvgIpc) is 2.77. The number of rotatable bonds is 8. The predicted molar refractivity (Wildman–Crippen MR) is 119 cm³/mol. The largest absolute Gasteiger partial charge is 0.497 e. The molecule has 0 saturated carbocycles. The first-order chi connectivity index (χ1) is 15.2. The first-order valence-electron chi connectivity index (χ1n) is 9.27. The summed E-state index contributed by atoms with van der Waals surface area (Å²) in [4.78, 5) is 20.8. The van der Waals surface area contributed by atoms with E-state index in [0.29, 0.717) is 16.9 Å². The molecule has 3 rings (SSSR count). The van der Waals surface area contributed by atoms with Gasteiger partial charge < -0.3 is 4.74 Å². The summed E-state index contributed by atoms with van der Waals surface area (Å²) in [6.45, 7) is 0. The van der Waals surface area contributed by atoms with Gasteiger partial charge >= 0.3 is 0 Å². The SMILES string of the molecule is COc1ccc(C=Cc2c([N+](=O)[O-])cc([N+](=O)[O-])cc2S(=O)(=O)Cc2ccccc2)cc1. The third-order valence-corrected chi connectivity index (χ3v) is 6.33. The van der Waals surface area contributed by atoms with Crippen LogP contribution in [0.5, 0.6) is 5.75 Å². The van der Waals surface area contributed by atoms with E-state index in [1.165, 1.54) is 19.3 Å². The van der Waals surface area contributed by atoms with Crippen molar-refractivity contribution in [1.82, 2.24) is 0 Å². The Kier molecular flexibility index (Phi) is 6.64. The number of benzene rings is 3. The molecule has 0 radical (unpaired) electrons. The number of nitro benzene ring substituents is 2. The van der Waals surface area contributed by atoms with Gasteiger partial charge in [0.25, 0.3) is 11.4 Å². The summed E-state index contributed by atoms with van der Waals surface area (Å²) in [6.07, 6.45) is 2.77. The Morgan fingerprint density at radius 1 is 0.906 bits per heavy atom. The van der Waals surface area contributed by atoms with Gasteiger partial charge in [0.15, 0.2) is 9.84 Å². The van der Waals surface area contributed by atoms with Crippen LogP contribution in [0.4, 0.5) is 11.4 Å². The zero-order chi connectivity index (χ0) is 23.3. The van der Waals surface area contributed by atoms with E-state index in [9.17, 15) is 28.6 Å². The van der Waals surface area contributed by atoms with Gasteiger partial charge in [0.05, 0.1) is 39.2 Å². The molecule has 0 aliphatic heterocycles. The lowest BCUT2D eigenvalue weighted by Crippen LogP contribution is -2.09. The summed E-state index contributed by atoms with van der Waals surface area (Å²) in [6, 6.07) is 16.6. The van der Waals surface area contributed by atoms with Crippen molar-refractivity contribution >= 4 is 33.4 Å². The van der Waals surface area contributed by atoms with E-state index in [1.807, 2.05) is 0 Å². The van der Waals surface area contributed by atoms with Gasteiger partial charge in [0.1, 0.15) is 5.75 Å². The Bertz CT molecular complexity index is 1290. The van der Waals surface area contributed by atoms with E-state index in [-0.39, 0.29) is 5.56 Å². The quantitative estimate of drug-likeness (QED) is 0.275. The number of nitrogens with zero attached hydrogens (tertiary/aromatic N) is 2. The second-order valence-corrected chi connectivity index (χ2v) is 8.70. The van der Waals surface area contributed by atoms with Crippen LogP contribution in [0.2, 0.25) is 0 Å². The molecule has 0 spiro atoms. The number of non-ortho nitro benzene ring substituents is 1. The number of nitro groups is 2. The second-order valence-electron chi connectivity index (χ2n) is 6.74. The lowest BCUT2D eigenvalue weighted by atomic mass is 10.1. The van der Waals surface area contributed by atoms with Gasteiger partial charge in [-0.25, -0.2) is 8.42 Å². The maximum absolute atomic E-state index is 13.2. The van der Waals surface area contributed by atoms with Crippen molar-refractivity contribution in [2.45, 2.75) is 10.6 Å². The van der Waals surface area contributed by atoms with E-state index in [1.54, 1.807) is 54.6 Å². The lowest BCUT2D eigenvalue weighted by Gasteiger charge is -2.09. The van der Waals surface area contributed by atoms with Crippen LogP contribution >= 0.6 is 0 Å². The fourth-order valence-corrected chi connectivity index (χ4v) is 4.64. The monoisotopic (exact) mass is 454 g/mol. The van der Waals surface area contributed by atoms with Crippen molar-refractivity contribution in [3.05, 3.63) is 104 Å². The molecule has 3 aromatic rings. The van der Waals surface area contributed by atoms with Gasteiger partial charge in [-0.1, -0.05) is 48.5 Å². The van der Waals surface area contributed by atoms with Crippen LogP contribution in [-0.2, 0) is 15.6 Å². The van der Waals surface area contributed by atoms with E-state index >= 15 is 0 Å². The van der Waals surface area contributed by atoms with Crippen LogP contribution < -0.4 is 4.74 Å². The molecule has 0 saturated heterocycles. The van der Waals surface area contributed by atoms with E-state index in [2.05, 4.69) is 0 Å². The summed E-state index contributed by atoms with van der Waals surface area (Å²) in [7, 11) is -2.64. The van der Waals surface area contributed by atoms with Crippen molar-refractivity contribution in [2.75, 3.05) is 7.11 Å². The number of methoxy groups -OCH3 is 1. The van der Waals surface area contributed by atoms with Crippen LogP contribution in [0.25, 0.3) is 12.2 Å². The minimum absolute atomic E-state index is 0.229. The molecule has 164 valence electrons. The van der Waals surface area contributed by atoms with Crippen molar-refractivity contribution in [3.8, 4) is 5.75 Å². The Morgan fingerprint density at radius 3 is 2.12 bits per heavy atom. The highest BCUT2D eigenvalue weighted by atomic mass is 32.2. The summed E-state index contributed by atoms with van der Waals surface area (Å²) in [5, 5.41) is 23.0. The number of sulfone groups is 1. The fourth-order valence-electron chi connectivity index (χ4n) is 3.05. The standard InChI is InChI=1S/C22H18N2O7S/c1-31-19-10-7-16(8-11-19)9-12-20-21(24(27)28)13-18(23(25)26)14-22(20)32(29,30)15-17-5-3-2-4-6-17/h2-14H,15H2,1H3. The zero-order valence-corrected chi connectivity index (χ0v) is 17.7. The van der Waals surface area contributed by atoms with Crippen molar-refractivity contribution in [3.63, 3.8) is 0 Å². The molecule has 0 aromatic heterocycles. The molecule has 0 N–H and O–H groups in total. The summed E-state index contributed by atoms with van der Waals surface area (Å²) >= 11 is 0. The second kappa shape index (κ2) is 9.40. The highest BCUT2D eigenvalue weighted by Gasteiger charge is 2.29. The Labute approximate surface area is 183 Å². The molecule has 10 heteroatoms. The summed E-state index contributed by atoms with van der Waals surface area (Å²) in [5.41, 5.74) is -0.496. The third-order valence-electron chi connectivity index (χ3n) is 4.61.